The molecule has 15 nitrogen and oxygen atoms in total. The SMILES string of the molecule is CNC(=O)c1ccc(OCCO)c(F)c1-c1c(Cl)c(F)cc2c1[C@H](C)[C@@](CNC1CCC(C(=O)N3CCC4(CC3)CC(N3CCC(c5ccc6c(N7CCC(=O)NC7=O)nn(C)c6c5)CC3)C4)CC1)(c1ccccc1)O2. The van der Waals surface area contributed by atoms with Gasteiger partial charge in [0.2, 0.25) is 11.8 Å². The van der Waals surface area contributed by atoms with Crippen molar-refractivity contribution in [3.63, 3.8) is 0 Å². The molecule has 1 spiro atoms. The number of ether oxygens (including phenoxy) is 2. The number of piperidine rings is 2. The summed E-state index contributed by atoms with van der Waals surface area (Å²) in [4.78, 5) is 58.1. The molecule has 0 radical (unpaired) electrons. The summed E-state index contributed by atoms with van der Waals surface area (Å²) in [6.45, 7) is 5.77. The van der Waals surface area contributed by atoms with Crippen LogP contribution in [0.5, 0.6) is 11.5 Å². The molecule has 5 aromatic rings. The normalized spacial score (nSPS) is 24.1. The van der Waals surface area contributed by atoms with Gasteiger partial charge in [-0.2, -0.15) is 5.10 Å². The van der Waals surface area contributed by atoms with Crippen LogP contribution in [0.1, 0.15) is 116 Å². The number of likely N-dealkylation sites (tertiary alicyclic amines) is 2. The first-order valence-electron chi connectivity index (χ1n) is 27.1. The molecule has 2 aliphatic carbocycles. The Kier molecular flexibility index (Phi) is 14.4. The number of carbonyl (C=O) groups is 4. The third-order valence-electron chi connectivity index (χ3n) is 18.0. The molecule has 402 valence electrons. The Morgan fingerprint density at radius 3 is 2.37 bits per heavy atom. The first kappa shape index (κ1) is 51.9. The summed E-state index contributed by atoms with van der Waals surface area (Å²) in [5, 5.41) is 23.4. The highest BCUT2D eigenvalue weighted by atomic mass is 35.5. The summed E-state index contributed by atoms with van der Waals surface area (Å²) in [7, 11) is 3.33. The maximum absolute atomic E-state index is 16.7. The van der Waals surface area contributed by atoms with Crippen molar-refractivity contribution in [1.29, 1.82) is 0 Å². The van der Waals surface area contributed by atoms with Gasteiger partial charge in [0.05, 0.1) is 22.7 Å². The number of hydrogen-bond acceptors (Lipinski definition) is 10. The van der Waals surface area contributed by atoms with Crippen LogP contribution in [-0.4, -0.2) is 120 Å². The molecule has 0 unspecified atom stereocenters. The number of amides is 5. The average Bonchev–Trinajstić information content (AvgIpc) is 3.99. The van der Waals surface area contributed by atoms with E-state index in [9.17, 15) is 24.3 Å². The largest absolute Gasteiger partial charge is 0.488 e. The van der Waals surface area contributed by atoms with Gasteiger partial charge in [-0.15, -0.1) is 0 Å². The van der Waals surface area contributed by atoms with Crippen LogP contribution in [0.3, 0.4) is 0 Å². The second kappa shape index (κ2) is 21.0. The number of benzene rings is 4. The summed E-state index contributed by atoms with van der Waals surface area (Å²) in [5.41, 5.74) is 2.51. The number of aliphatic hydroxyl groups is 1. The standard InChI is InChI=1S/C58H67ClF2N8O7/c1-34-48-46(30-43(60)51(59)50(48)49-42(54(72)62-2)15-16-45(52(49)61)75-28-27-70)76-58(34,38-7-5-4-6-8-38)33-63-39-12-9-36(10-13-39)55(73)68-25-20-57(21-26-68)31-40(32-57)67-22-17-35(18-23-67)37-11-14-41-44(29-37)66(3)65-53(41)69-24-19-47(71)64-56(69)74/h4-8,11,14-16,29-30,34-36,39-40,63,70H,9-10,12-13,17-28,31-33H2,1-3H3,(H,62,72)(H,64,71,74)/t34-,36?,39?,58-/m0/s1. The van der Waals surface area contributed by atoms with Gasteiger partial charge >= 0.3 is 6.03 Å². The summed E-state index contributed by atoms with van der Waals surface area (Å²) < 4.78 is 46.9. The fourth-order valence-electron chi connectivity index (χ4n) is 13.6. The Morgan fingerprint density at radius 2 is 1.67 bits per heavy atom. The fourth-order valence-corrected chi connectivity index (χ4v) is 13.8. The van der Waals surface area contributed by atoms with Gasteiger partial charge in [0.1, 0.15) is 18.2 Å². The number of urea groups is 1. The average molecular weight is 1060 g/mol. The number of aliphatic hydroxyl groups excluding tert-OH is 1. The molecule has 3 saturated heterocycles. The van der Waals surface area contributed by atoms with Crippen LogP contribution in [0, 0.1) is 23.0 Å². The molecule has 2 atom stereocenters. The third-order valence-corrected chi connectivity index (χ3v) is 18.3. The molecular formula is C58H67ClF2N8O7. The summed E-state index contributed by atoms with van der Waals surface area (Å²) in [5.74, 6) is -1.88. The second-order valence-corrected chi connectivity index (χ2v) is 22.5. The van der Waals surface area contributed by atoms with Crippen molar-refractivity contribution in [2.75, 3.05) is 64.4 Å². The number of nitrogens with zero attached hydrogens (tertiary/aromatic N) is 5. The van der Waals surface area contributed by atoms with Gasteiger partial charge in [-0.25, -0.2) is 13.6 Å². The zero-order valence-electron chi connectivity index (χ0n) is 43.4. The van der Waals surface area contributed by atoms with Crippen molar-refractivity contribution >= 4 is 52.1 Å². The number of halogens is 3. The lowest BCUT2D eigenvalue weighted by atomic mass is 9.59. The fraction of sp³-hybridized carbons (Fsp3) is 0.500. The van der Waals surface area contributed by atoms with E-state index in [1.165, 1.54) is 43.7 Å². The molecule has 76 heavy (non-hydrogen) atoms. The van der Waals surface area contributed by atoms with Crippen LogP contribution in [0.4, 0.5) is 19.4 Å². The minimum Gasteiger partial charge on any atom is -0.488 e. The highest BCUT2D eigenvalue weighted by Crippen LogP contribution is 2.57. The first-order valence-corrected chi connectivity index (χ1v) is 27.5. The van der Waals surface area contributed by atoms with Crippen LogP contribution in [0.2, 0.25) is 5.02 Å². The molecule has 6 aliphatic rings. The predicted octanol–water partition coefficient (Wildman–Crippen LogP) is 8.54. The Balaban J connectivity index is 0.685. The lowest BCUT2D eigenvalue weighted by molar-refractivity contribution is -0.141. The number of rotatable bonds is 13. The topological polar surface area (TPSA) is 171 Å². The second-order valence-electron chi connectivity index (χ2n) is 22.1. The summed E-state index contributed by atoms with van der Waals surface area (Å²) >= 11 is 6.80. The number of aromatic nitrogens is 2. The minimum absolute atomic E-state index is 0.00511. The maximum atomic E-state index is 16.7. The van der Waals surface area contributed by atoms with Gasteiger partial charge in [0.25, 0.3) is 5.91 Å². The smallest absolute Gasteiger partial charge is 0.329 e. The molecule has 4 aromatic carbocycles. The highest BCUT2D eigenvalue weighted by Gasteiger charge is 2.52. The van der Waals surface area contributed by atoms with E-state index >= 15 is 8.78 Å². The molecule has 5 fully saturated rings. The molecule has 2 saturated carbocycles. The quantitative estimate of drug-likeness (QED) is 0.0897. The molecular weight excluding hydrogens is 994 g/mol. The zero-order valence-corrected chi connectivity index (χ0v) is 44.2. The predicted molar refractivity (Wildman–Crippen MR) is 285 cm³/mol. The van der Waals surface area contributed by atoms with E-state index in [1.54, 1.807) is 4.90 Å². The number of aryl methyl sites for hydroxylation is 1. The van der Waals surface area contributed by atoms with Crippen molar-refractivity contribution in [3.8, 4) is 22.6 Å². The van der Waals surface area contributed by atoms with Crippen molar-refractivity contribution in [2.45, 2.75) is 107 Å². The van der Waals surface area contributed by atoms with Gasteiger partial charge in [-0.1, -0.05) is 54.9 Å². The van der Waals surface area contributed by atoms with Crippen molar-refractivity contribution in [1.82, 2.24) is 35.5 Å². The molecule has 5 heterocycles. The highest BCUT2D eigenvalue weighted by molar-refractivity contribution is 6.34. The Labute approximate surface area is 446 Å². The van der Waals surface area contributed by atoms with E-state index in [2.05, 4.69) is 49.0 Å². The molecule has 0 bridgehead atoms. The molecule has 18 heteroatoms. The van der Waals surface area contributed by atoms with E-state index in [0.717, 1.165) is 94.0 Å². The number of hydrogen-bond donors (Lipinski definition) is 4. The van der Waals surface area contributed by atoms with Gasteiger partial charge < -0.3 is 35.0 Å². The van der Waals surface area contributed by atoms with Crippen LogP contribution >= 0.6 is 11.6 Å². The Hall–Kier alpha value is -6.14. The first-order chi connectivity index (χ1) is 36.7. The number of carbonyl (C=O) groups excluding carboxylic acids is 4. The molecule has 5 amide bonds. The Morgan fingerprint density at radius 1 is 0.934 bits per heavy atom. The van der Waals surface area contributed by atoms with Gasteiger partial charge in [-0.3, -0.25) is 29.3 Å². The van der Waals surface area contributed by atoms with Crippen molar-refractivity contribution in [2.24, 2.45) is 18.4 Å². The van der Waals surface area contributed by atoms with Crippen molar-refractivity contribution < 1.29 is 42.5 Å². The minimum atomic E-state index is -1.08. The van der Waals surface area contributed by atoms with Gasteiger partial charge in [0.15, 0.2) is 23.0 Å². The van der Waals surface area contributed by atoms with E-state index in [1.807, 2.05) is 49.0 Å². The van der Waals surface area contributed by atoms with E-state index in [4.69, 9.17) is 21.1 Å². The molecule has 1 aromatic heterocycles. The molecule has 4 N–H and O–H groups in total. The maximum Gasteiger partial charge on any atom is 0.329 e. The Bertz CT molecular complexity index is 3050. The van der Waals surface area contributed by atoms with Crippen LogP contribution < -0.4 is 30.3 Å². The monoisotopic (exact) mass is 1060 g/mol. The number of nitrogens with one attached hydrogen (secondary N) is 3. The summed E-state index contributed by atoms with van der Waals surface area (Å²) in [6, 6.07) is 20.3. The van der Waals surface area contributed by atoms with Gasteiger partial charge in [-0.05, 0) is 124 Å². The number of fused-ring (bicyclic) bond motifs is 2. The van der Waals surface area contributed by atoms with Crippen LogP contribution in [0.25, 0.3) is 22.0 Å². The molecule has 11 rings (SSSR count). The number of anilines is 1. The zero-order chi connectivity index (χ0) is 53.0. The summed E-state index contributed by atoms with van der Waals surface area (Å²) in [6.07, 6.45) is 10.1. The van der Waals surface area contributed by atoms with Crippen LogP contribution in [0.15, 0.2) is 66.7 Å². The van der Waals surface area contributed by atoms with E-state index in [0.29, 0.717) is 41.8 Å². The van der Waals surface area contributed by atoms with Crippen molar-refractivity contribution in [3.05, 3.63) is 106 Å². The van der Waals surface area contributed by atoms with Gasteiger partial charge in [0, 0.05) is 98.8 Å². The lowest BCUT2D eigenvalue weighted by Crippen LogP contribution is -2.57. The van der Waals surface area contributed by atoms with E-state index < -0.39 is 35.1 Å². The van der Waals surface area contributed by atoms with E-state index in [-0.39, 0.29) is 76.6 Å². The third kappa shape index (κ3) is 9.38. The van der Waals surface area contributed by atoms with Crippen LogP contribution in [-0.2, 0) is 22.2 Å². The number of imide groups is 1. The molecule has 4 aliphatic heterocycles. The lowest BCUT2D eigenvalue weighted by Gasteiger charge is -2.56.